The van der Waals surface area contributed by atoms with Gasteiger partial charge >= 0.3 is 0 Å². The standard InChI is InChI=1S/C10H8FN3O3/c11-7-3-6(1-2-12-7)10(17)14-4-8(15)13-9(16)5-14/h1-3H,4-5H2,(H,13,15,16). The number of piperazine rings is 1. The van der Waals surface area contributed by atoms with E-state index in [1.165, 1.54) is 6.07 Å². The van der Waals surface area contributed by atoms with Crippen LogP contribution in [-0.2, 0) is 9.59 Å². The van der Waals surface area contributed by atoms with Gasteiger partial charge in [-0.05, 0) is 6.07 Å². The Hall–Kier alpha value is -2.31. The van der Waals surface area contributed by atoms with Crippen LogP contribution in [0.1, 0.15) is 10.4 Å². The Kier molecular flexibility index (Phi) is 2.82. The number of amides is 3. The summed E-state index contributed by atoms with van der Waals surface area (Å²) in [4.78, 5) is 38.4. The summed E-state index contributed by atoms with van der Waals surface area (Å²) in [6, 6.07) is 2.28. The number of rotatable bonds is 1. The zero-order chi connectivity index (χ0) is 12.4. The van der Waals surface area contributed by atoms with Crippen molar-refractivity contribution in [3.05, 3.63) is 29.8 Å². The molecular weight excluding hydrogens is 229 g/mol. The highest BCUT2D eigenvalue weighted by molar-refractivity contribution is 6.05. The molecular formula is C10H8FN3O3. The van der Waals surface area contributed by atoms with E-state index in [1.54, 1.807) is 0 Å². The third-order valence-corrected chi connectivity index (χ3v) is 2.21. The maximum atomic E-state index is 12.8. The molecule has 0 spiro atoms. The monoisotopic (exact) mass is 237 g/mol. The molecule has 0 unspecified atom stereocenters. The topological polar surface area (TPSA) is 79.4 Å². The van der Waals surface area contributed by atoms with Crippen molar-refractivity contribution in [3.63, 3.8) is 0 Å². The second-order valence-electron chi connectivity index (χ2n) is 3.50. The van der Waals surface area contributed by atoms with E-state index in [9.17, 15) is 18.8 Å². The smallest absolute Gasteiger partial charge is 0.255 e. The lowest BCUT2D eigenvalue weighted by Crippen LogP contribution is -2.53. The molecule has 1 aliphatic heterocycles. The van der Waals surface area contributed by atoms with E-state index in [-0.39, 0.29) is 18.7 Å². The molecule has 1 fully saturated rings. The minimum atomic E-state index is -0.788. The van der Waals surface area contributed by atoms with Gasteiger partial charge in [-0.25, -0.2) is 4.98 Å². The summed E-state index contributed by atoms with van der Waals surface area (Å²) in [7, 11) is 0. The summed E-state index contributed by atoms with van der Waals surface area (Å²) < 4.78 is 12.8. The fourth-order valence-corrected chi connectivity index (χ4v) is 1.50. The Morgan fingerprint density at radius 3 is 2.59 bits per heavy atom. The van der Waals surface area contributed by atoms with Crippen molar-refractivity contribution in [2.24, 2.45) is 0 Å². The Morgan fingerprint density at radius 1 is 1.35 bits per heavy atom. The normalized spacial score (nSPS) is 15.7. The molecule has 2 rings (SSSR count). The number of nitrogens with one attached hydrogen (secondary N) is 1. The molecule has 6 nitrogen and oxygen atoms in total. The first-order chi connectivity index (χ1) is 8.06. The van der Waals surface area contributed by atoms with E-state index in [4.69, 9.17) is 0 Å². The van der Waals surface area contributed by atoms with E-state index in [0.29, 0.717) is 0 Å². The summed E-state index contributed by atoms with van der Waals surface area (Å²) in [5, 5.41) is 2.07. The number of aromatic nitrogens is 1. The van der Waals surface area contributed by atoms with Crippen LogP contribution >= 0.6 is 0 Å². The molecule has 3 amide bonds. The van der Waals surface area contributed by atoms with Crippen molar-refractivity contribution >= 4 is 17.7 Å². The molecule has 0 bridgehead atoms. The lowest BCUT2D eigenvalue weighted by Gasteiger charge is -2.25. The largest absolute Gasteiger partial charge is 0.320 e. The van der Waals surface area contributed by atoms with E-state index in [0.717, 1.165) is 17.2 Å². The van der Waals surface area contributed by atoms with Crippen LogP contribution in [0.15, 0.2) is 18.3 Å². The van der Waals surface area contributed by atoms with Gasteiger partial charge in [0, 0.05) is 17.8 Å². The molecule has 0 radical (unpaired) electrons. The molecule has 0 atom stereocenters. The number of carbonyl (C=O) groups is 3. The highest BCUT2D eigenvalue weighted by Gasteiger charge is 2.27. The van der Waals surface area contributed by atoms with Gasteiger partial charge in [0.2, 0.25) is 17.8 Å². The third kappa shape index (κ3) is 2.44. The van der Waals surface area contributed by atoms with Crippen molar-refractivity contribution in [1.82, 2.24) is 15.2 Å². The van der Waals surface area contributed by atoms with Gasteiger partial charge < -0.3 is 4.90 Å². The molecule has 7 heteroatoms. The maximum absolute atomic E-state index is 12.8. The average Bonchev–Trinajstić information content (AvgIpc) is 2.26. The second-order valence-corrected chi connectivity index (χ2v) is 3.50. The van der Waals surface area contributed by atoms with Gasteiger partial charge in [0.25, 0.3) is 5.91 Å². The van der Waals surface area contributed by atoms with Crippen molar-refractivity contribution < 1.29 is 18.8 Å². The van der Waals surface area contributed by atoms with Gasteiger partial charge in [0.15, 0.2) is 0 Å². The van der Waals surface area contributed by atoms with Crippen LogP contribution in [0.3, 0.4) is 0 Å². The predicted molar refractivity (Wildman–Crippen MR) is 53.2 cm³/mol. The average molecular weight is 237 g/mol. The molecule has 17 heavy (non-hydrogen) atoms. The fraction of sp³-hybridized carbons (Fsp3) is 0.200. The van der Waals surface area contributed by atoms with Crippen LogP contribution in [0.2, 0.25) is 0 Å². The number of hydrogen-bond acceptors (Lipinski definition) is 4. The van der Waals surface area contributed by atoms with Gasteiger partial charge in [-0.3, -0.25) is 19.7 Å². The van der Waals surface area contributed by atoms with E-state index in [1.807, 2.05) is 0 Å². The Balaban J connectivity index is 2.20. The van der Waals surface area contributed by atoms with Crippen molar-refractivity contribution in [2.75, 3.05) is 13.1 Å². The van der Waals surface area contributed by atoms with Crippen molar-refractivity contribution in [3.8, 4) is 0 Å². The predicted octanol–water partition coefficient (Wildman–Crippen LogP) is -0.681. The molecule has 0 aliphatic carbocycles. The molecule has 1 aromatic heterocycles. The summed E-state index contributed by atoms with van der Waals surface area (Å²) in [6.07, 6.45) is 1.15. The minimum absolute atomic E-state index is 0.0556. The molecule has 1 N–H and O–H groups in total. The molecule has 2 heterocycles. The first kappa shape index (κ1) is 11.2. The quantitative estimate of drug-likeness (QED) is 0.518. The zero-order valence-corrected chi connectivity index (χ0v) is 8.64. The second kappa shape index (κ2) is 4.28. The lowest BCUT2D eigenvalue weighted by molar-refractivity contribution is -0.135. The van der Waals surface area contributed by atoms with Gasteiger partial charge in [-0.1, -0.05) is 0 Å². The summed E-state index contributed by atoms with van der Waals surface area (Å²) in [6.45, 7) is -0.428. The van der Waals surface area contributed by atoms with Gasteiger partial charge in [-0.2, -0.15) is 4.39 Å². The summed E-state index contributed by atoms with van der Waals surface area (Å²) >= 11 is 0. The van der Waals surface area contributed by atoms with Crippen LogP contribution < -0.4 is 5.32 Å². The number of hydrogen-bond donors (Lipinski definition) is 1. The van der Waals surface area contributed by atoms with Crippen LogP contribution in [0.4, 0.5) is 4.39 Å². The van der Waals surface area contributed by atoms with Crippen LogP contribution in [0.25, 0.3) is 0 Å². The first-order valence-electron chi connectivity index (χ1n) is 4.80. The van der Waals surface area contributed by atoms with E-state index >= 15 is 0 Å². The SMILES string of the molecule is O=C1CN(C(=O)c2ccnc(F)c2)CC(=O)N1. The number of carbonyl (C=O) groups excluding carboxylic acids is 3. The summed E-state index contributed by atoms with van der Waals surface area (Å²) in [5.41, 5.74) is 0.0556. The molecule has 1 saturated heterocycles. The summed E-state index contributed by atoms with van der Waals surface area (Å²) in [5.74, 6) is -2.47. The Bertz CT molecular complexity index is 487. The zero-order valence-electron chi connectivity index (χ0n) is 8.64. The Morgan fingerprint density at radius 2 is 2.00 bits per heavy atom. The molecule has 0 saturated carbocycles. The highest BCUT2D eigenvalue weighted by atomic mass is 19.1. The number of halogens is 1. The van der Waals surface area contributed by atoms with E-state index in [2.05, 4.69) is 10.3 Å². The maximum Gasteiger partial charge on any atom is 0.255 e. The fourth-order valence-electron chi connectivity index (χ4n) is 1.50. The molecule has 0 aromatic carbocycles. The molecule has 1 aliphatic rings. The van der Waals surface area contributed by atoms with Crippen molar-refractivity contribution in [2.45, 2.75) is 0 Å². The number of imide groups is 1. The van der Waals surface area contributed by atoms with Crippen LogP contribution in [0.5, 0.6) is 0 Å². The molecule has 1 aromatic rings. The Labute approximate surface area is 95.4 Å². The third-order valence-electron chi connectivity index (χ3n) is 2.21. The molecule has 88 valence electrons. The number of pyridine rings is 1. The minimum Gasteiger partial charge on any atom is -0.320 e. The van der Waals surface area contributed by atoms with Crippen molar-refractivity contribution in [1.29, 1.82) is 0 Å². The van der Waals surface area contributed by atoms with Crippen LogP contribution in [-0.4, -0.2) is 40.7 Å². The number of nitrogens with zero attached hydrogens (tertiary/aromatic N) is 2. The van der Waals surface area contributed by atoms with Gasteiger partial charge in [-0.15, -0.1) is 0 Å². The first-order valence-corrected chi connectivity index (χ1v) is 4.80. The van der Waals surface area contributed by atoms with Gasteiger partial charge in [0.05, 0.1) is 0 Å². The van der Waals surface area contributed by atoms with E-state index < -0.39 is 23.7 Å². The lowest BCUT2D eigenvalue weighted by atomic mass is 10.2. The van der Waals surface area contributed by atoms with Crippen LogP contribution in [0, 0.1) is 5.95 Å². The van der Waals surface area contributed by atoms with Gasteiger partial charge in [0.1, 0.15) is 13.1 Å². The highest BCUT2D eigenvalue weighted by Crippen LogP contribution is 2.07.